The smallest absolute Gasteiger partial charge is 0.271 e. The van der Waals surface area contributed by atoms with Gasteiger partial charge < -0.3 is 10.6 Å². The van der Waals surface area contributed by atoms with Crippen LogP contribution in [0.25, 0.3) is 0 Å². The highest BCUT2D eigenvalue weighted by Gasteiger charge is 2.07. The van der Waals surface area contributed by atoms with Gasteiger partial charge in [0.2, 0.25) is 0 Å². The van der Waals surface area contributed by atoms with Crippen LogP contribution in [0, 0.1) is 0 Å². The number of carbonyl (C=O) groups is 1. The number of hydrogen-bond acceptors (Lipinski definition) is 5. The minimum atomic E-state index is -0.269. The Morgan fingerprint density at radius 2 is 1.85 bits per heavy atom. The van der Waals surface area contributed by atoms with Crippen LogP contribution in [0.2, 0.25) is 5.02 Å². The van der Waals surface area contributed by atoms with Crippen LogP contribution < -0.4 is 10.6 Å². The van der Waals surface area contributed by atoms with Crippen LogP contribution in [0.3, 0.4) is 0 Å². The van der Waals surface area contributed by atoms with Gasteiger partial charge in [0.15, 0.2) is 0 Å². The van der Waals surface area contributed by atoms with Gasteiger partial charge in [-0.15, -0.1) is 0 Å². The van der Waals surface area contributed by atoms with Crippen LogP contribution in [-0.4, -0.2) is 27.4 Å². The molecule has 1 aromatic carbocycles. The second-order valence-corrected chi connectivity index (χ2v) is 6.07. The summed E-state index contributed by atoms with van der Waals surface area (Å²) in [5.41, 5.74) is 2.38. The number of halogens is 1. The Balaban J connectivity index is 1.46. The van der Waals surface area contributed by atoms with Crippen molar-refractivity contribution < 1.29 is 4.79 Å². The lowest BCUT2D eigenvalue weighted by Gasteiger charge is -2.07. The maximum absolute atomic E-state index is 12.1. The predicted molar refractivity (Wildman–Crippen MR) is 101 cm³/mol. The zero-order valence-corrected chi connectivity index (χ0v) is 14.8. The number of anilines is 1. The number of nitrogens with zero attached hydrogens (tertiary/aromatic N) is 3. The summed E-state index contributed by atoms with van der Waals surface area (Å²) in [5.74, 6) is 0.358. The van der Waals surface area contributed by atoms with Crippen molar-refractivity contribution in [2.45, 2.75) is 13.0 Å². The second-order valence-electron chi connectivity index (χ2n) is 5.63. The molecule has 0 spiro atoms. The van der Waals surface area contributed by atoms with Crippen molar-refractivity contribution >= 4 is 23.3 Å². The van der Waals surface area contributed by atoms with Crippen molar-refractivity contribution in [1.82, 2.24) is 20.3 Å². The molecule has 0 aliphatic carbocycles. The lowest BCUT2D eigenvalue weighted by molar-refractivity contribution is 0.0945. The molecule has 6 nitrogen and oxygen atoms in total. The lowest BCUT2D eigenvalue weighted by atomic mass is 10.1. The summed E-state index contributed by atoms with van der Waals surface area (Å²) in [6.45, 7) is 1.11. The third-order valence-corrected chi connectivity index (χ3v) is 3.95. The molecule has 0 aliphatic rings. The van der Waals surface area contributed by atoms with Crippen LogP contribution in [0.15, 0.2) is 61.2 Å². The third kappa shape index (κ3) is 5.26. The summed E-state index contributed by atoms with van der Waals surface area (Å²) >= 11 is 5.87. The number of rotatable bonds is 7. The molecule has 0 aliphatic heterocycles. The van der Waals surface area contributed by atoms with E-state index in [9.17, 15) is 4.79 Å². The first-order valence-corrected chi connectivity index (χ1v) is 8.56. The van der Waals surface area contributed by atoms with Gasteiger partial charge in [-0.1, -0.05) is 29.8 Å². The number of nitrogens with one attached hydrogen (secondary N) is 2. The van der Waals surface area contributed by atoms with Crippen LogP contribution in [-0.2, 0) is 13.0 Å². The summed E-state index contributed by atoms with van der Waals surface area (Å²) in [7, 11) is 0. The molecule has 2 N–H and O–H groups in total. The largest absolute Gasteiger partial charge is 0.368 e. The summed E-state index contributed by atoms with van der Waals surface area (Å²) in [6.07, 6.45) is 7.26. The van der Waals surface area contributed by atoms with E-state index in [0.717, 1.165) is 17.0 Å². The fourth-order valence-electron chi connectivity index (χ4n) is 2.30. The van der Waals surface area contributed by atoms with Crippen molar-refractivity contribution in [1.29, 1.82) is 0 Å². The van der Waals surface area contributed by atoms with E-state index in [1.807, 2.05) is 36.4 Å². The van der Waals surface area contributed by atoms with Crippen molar-refractivity contribution in [2.24, 2.45) is 0 Å². The molecular formula is C19H18ClN5O. The molecular weight excluding hydrogens is 350 g/mol. The Bertz CT molecular complexity index is 838. The lowest BCUT2D eigenvalue weighted by Crippen LogP contribution is -2.24. The van der Waals surface area contributed by atoms with Crippen LogP contribution in [0.4, 0.5) is 5.82 Å². The quantitative estimate of drug-likeness (QED) is 0.670. The second kappa shape index (κ2) is 8.92. The summed E-state index contributed by atoms with van der Waals surface area (Å²) < 4.78 is 0. The minimum Gasteiger partial charge on any atom is -0.368 e. The van der Waals surface area contributed by atoms with Crippen molar-refractivity contribution in [3.63, 3.8) is 0 Å². The van der Waals surface area contributed by atoms with Gasteiger partial charge in [-0.05, 0) is 35.7 Å². The first-order chi connectivity index (χ1) is 12.7. The Hall–Kier alpha value is -2.99. The number of pyridine rings is 1. The van der Waals surface area contributed by atoms with Gasteiger partial charge in [0.05, 0.1) is 12.4 Å². The van der Waals surface area contributed by atoms with Gasteiger partial charge in [-0.25, -0.2) is 9.97 Å². The summed E-state index contributed by atoms with van der Waals surface area (Å²) in [5, 5.41) is 6.70. The molecule has 0 atom stereocenters. The molecule has 0 fully saturated rings. The van der Waals surface area contributed by atoms with E-state index in [4.69, 9.17) is 11.6 Å². The van der Waals surface area contributed by atoms with E-state index in [-0.39, 0.29) is 11.6 Å². The number of aromatic nitrogens is 3. The van der Waals surface area contributed by atoms with Gasteiger partial charge in [0, 0.05) is 30.5 Å². The molecule has 0 bridgehead atoms. The molecule has 2 heterocycles. The van der Waals surface area contributed by atoms with Gasteiger partial charge in [0.1, 0.15) is 11.5 Å². The maximum atomic E-state index is 12.1. The standard InChI is InChI=1S/C19H18ClN5O/c20-16-5-3-14(4-6-16)7-9-22-18-13-23-17(12-24-18)19(26)25-11-15-2-1-8-21-10-15/h1-6,8,10,12-13H,7,9,11H2,(H,22,24)(H,25,26). The number of benzene rings is 1. The van der Waals surface area contributed by atoms with Crippen molar-refractivity contribution in [3.8, 4) is 0 Å². The Kier molecular flexibility index (Phi) is 6.11. The van der Waals surface area contributed by atoms with Gasteiger partial charge in [-0.2, -0.15) is 0 Å². The van der Waals surface area contributed by atoms with Crippen molar-refractivity contribution in [3.05, 3.63) is 83.0 Å². The topological polar surface area (TPSA) is 79.8 Å². The molecule has 2 aromatic heterocycles. The van der Waals surface area contributed by atoms with Gasteiger partial charge in [0.25, 0.3) is 5.91 Å². The van der Waals surface area contributed by atoms with E-state index in [2.05, 4.69) is 25.6 Å². The van der Waals surface area contributed by atoms with Crippen molar-refractivity contribution in [2.75, 3.05) is 11.9 Å². The number of hydrogen-bond donors (Lipinski definition) is 2. The first kappa shape index (κ1) is 17.8. The Morgan fingerprint density at radius 3 is 2.54 bits per heavy atom. The van der Waals surface area contributed by atoms with Crippen LogP contribution >= 0.6 is 11.6 Å². The number of amides is 1. The molecule has 26 heavy (non-hydrogen) atoms. The van der Waals surface area contributed by atoms with E-state index in [1.165, 1.54) is 11.8 Å². The normalized spacial score (nSPS) is 10.3. The number of carbonyl (C=O) groups excluding carboxylic acids is 1. The highest BCUT2D eigenvalue weighted by atomic mass is 35.5. The SMILES string of the molecule is O=C(NCc1cccnc1)c1cnc(NCCc2ccc(Cl)cc2)cn1. The highest BCUT2D eigenvalue weighted by molar-refractivity contribution is 6.30. The highest BCUT2D eigenvalue weighted by Crippen LogP contribution is 2.10. The zero-order chi connectivity index (χ0) is 18.2. The minimum absolute atomic E-state index is 0.269. The first-order valence-electron chi connectivity index (χ1n) is 8.18. The average Bonchev–Trinajstić information content (AvgIpc) is 2.69. The fraction of sp³-hybridized carbons (Fsp3) is 0.158. The van der Waals surface area contributed by atoms with E-state index in [0.29, 0.717) is 18.9 Å². The fourth-order valence-corrected chi connectivity index (χ4v) is 2.42. The zero-order valence-electron chi connectivity index (χ0n) is 14.0. The van der Waals surface area contributed by atoms with E-state index in [1.54, 1.807) is 18.6 Å². The monoisotopic (exact) mass is 367 g/mol. The van der Waals surface area contributed by atoms with Gasteiger partial charge >= 0.3 is 0 Å². The summed E-state index contributed by atoms with van der Waals surface area (Å²) in [4.78, 5) is 24.5. The van der Waals surface area contributed by atoms with Crippen LogP contribution in [0.5, 0.6) is 0 Å². The molecule has 7 heteroatoms. The predicted octanol–water partition coefficient (Wildman–Crippen LogP) is 3.11. The molecule has 0 unspecified atom stereocenters. The molecule has 0 saturated heterocycles. The molecule has 3 aromatic rings. The maximum Gasteiger partial charge on any atom is 0.271 e. The van der Waals surface area contributed by atoms with E-state index >= 15 is 0 Å². The Morgan fingerprint density at radius 1 is 1.00 bits per heavy atom. The van der Waals surface area contributed by atoms with E-state index < -0.39 is 0 Å². The molecule has 0 saturated carbocycles. The van der Waals surface area contributed by atoms with Crippen LogP contribution in [0.1, 0.15) is 21.6 Å². The third-order valence-electron chi connectivity index (χ3n) is 3.69. The molecule has 0 radical (unpaired) electrons. The van der Waals surface area contributed by atoms with Gasteiger partial charge in [-0.3, -0.25) is 9.78 Å². The molecule has 132 valence electrons. The average molecular weight is 368 g/mol. The molecule has 3 rings (SSSR count). The summed E-state index contributed by atoms with van der Waals surface area (Å²) in [6, 6.07) is 11.4. The Labute approximate surface area is 156 Å². The molecule has 1 amide bonds.